The molecular weight excluding hydrogens is 721 g/mol. The Hall–Kier alpha value is -6.60. The molecular formula is C50H28N4S2. The van der Waals surface area contributed by atoms with Crippen molar-refractivity contribution in [1.82, 2.24) is 18.9 Å². The first-order valence-corrected chi connectivity index (χ1v) is 20.8. The van der Waals surface area contributed by atoms with Gasteiger partial charge in [0.1, 0.15) is 4.83 Å². The van der Waals surface area contributed by atoms with E-state index in [2.05, 4.69) is 155 Å². The van der Waals surface area contributed by atoms with E-state index >= 15 is 0 Å². The molecule has 7 aromatic carbocycles. The van der Waals surface area contributed by atoms with Crippen molar-refractivity contribution < 1.29 is 0 Å². The van der Waals surface area contributed by atoms with Gasteiger partial charge in [-0.05, 0) is 77.6 Å². The van der Waals surface area contributed by atoms with Crippen LogP contribution in [0.5, 0.6) is 0 Å². The lowest BCUT2D eigenvalue weighted by molar-refractivity contribution is 0.986. The second kappa shape index (κ2) is 10.6. The van der Waals surface area contributed by atoms with E-state index in [4.69, 9.17) is 9.97 Å². The summed E-state index contributed by atoms with van der Waals surface area (Å²) in [7, 11) is 0. The molecule has 6 heteroatoms. The largest absolute Gasteiger partial charge is 0.308 e. The van der Waals surface area contributed by atoms with Crippen molar-refractivity contribution in [3.05, 3.63) is 151 Å². The van der Waals surface area contributed by atoms with Gasteiger partial charge in [-0.25, -0.2) is 9.97 Å². The number of rotatable bonds is 3. The van der Waals surface area contributed by atoms with E-state index in [1.165, 1.54) is 90.6 Å². The van der Waals surface area contributed by atoms with Gasteiger partial charge in [0.2, 0.25) is 5.95 Å². The second-order valence-corrected chi connectivity index (χ2v) is 17.3. The maximum Gasteiger partial charge on any atom is 0.236 e. The molecule has 6 heterocycles. The third-order valence-corrected chi connectivity index (χ3v) is 14.5. The zero-order chi connectivity index (χ0) is 36.2. The number of hydrogen-bond acceptors (Lipinski definition) is 4. The summed E-state index contributed by atoms with van der Waals surface area (Å²) in [6.45, 7) is 0. The Bertz CT molecular complexity index is 3820. The molecule has 0 atom stereocenters. The van der Waals surface area contributed by atoms with E-state index in [0.717, 1.165) is 45.3 Å². The summed E-state index contributed by atoms with van der Waals surface area (Å²) < 4.78 is 8.70. The van der Waals surface area contributed by atoms with Crippen molar-refractivity contribution in [1.29, 1.82) is 0 Å². The van der Waals surface area contributed by atoms with Gasteiger partial charge in [0.15, 0.2) is 0 Å². The topological polar surface area (TPSA) is 35.1 Å². The summed E-state index contributed by atoms with van der Waals surface area (Å²) in [5.74, 6) is 0.699. The minimum atomic E-state index is 0.699. The Balaban J connectivity index is 1.07. The van der Waals surface area contributed by atoms with Crippen LogP contribution in [0.4, 0.5) is 0 Å². The molecule has 0 N–H and O–H groups in total. The van der Waals surface area contributed by atoms with Crippen LogP contribution in [0.2, 0.25) is 0 Å². The summed E-state index contributed by atoms with van der Waals surface area (Å²) >= 11 is 3.64. The van der Waals surface area contributed by atoms with Gasteiger partial charge in [-0.1, -0.05) is 103 Å². The maximum atomic E-state index is 5.60. The fourth-order valence-corrected chi connectivity index (χ4v) is 12.1. The summed E-state index contributed by atoms with van der Waals surface area (Å²) in [4.78, 5) is 12.1. The molecule has 0 fully saturated rings. The van der Waals surface area contributed by atoms with Crippen molar-refractivity contribution in [2.24, 2.45) is 0 Å². The highest BCUT2D eigenvalue weighted by molar-refractivity contribution is 7.26. The normalized spacial score (nSPS) is 13.5. The molecule has 1 aliphatic rings. The lowest BCUT2D eigenvalue weighted by Crippen LogP contribution is -2.02. The van der Waals surface area contributed by atoms with Crippen LogP contribution in [0.3, 0.4) is 0 Å². The molecule has 13 aromatic rings. The molecule has 14 rings (SSSR count). The number of para-hydroxylation sites is 1. The summed E-state index contributed by atoms with van der Waals surface area (Å²) in [6.07, 6.45) is 6.72. The van der Waals surface area contributed by atoms with Crippen molar-refractivity contribution in [3.8, 4) is 28.3 Å². The van der Waals surface area contributed by atoms with Crippen LogP contribution >= 0.6 is 22.7 Å². The highest BCUT2D eigenvalue weighted by atomic mass is 32.1. The van der Waals surface area contributed by atoms with Gasteiger partial charge in [-0.3, -0.25) is 4.57 Å². The lowest BCUT2D eigenvalue weighted by Gasteiger charge is -2.13. The molecule has 6 aromatic heterocycles. The molecule has 0 saturated heterocycles. The predicted molar refractivity (Wildman–Crippen MR) is 239 cm³/mol. The second-order valence-electron chi connectivity index (χ2n) is 15.2. The Morgan fingerprint density at radius 3 is 2.21 bits per heavy atom. The molecule has 0 unspecified atom stereocenters. The van der Waals surface area contributed by atoms with Gasteiger partial charge in [0, 0.05) is 62.8 Å². The van der Waals surface area contributed by atoms with E-state index in [-0.39, 0.29) is 0 Å². The van der Waals surface area contributed by atoms with Gasteiger partial charge < -0.3 is 4.40 Å². The monoisotopic (exact) mass is 748 g/mol. The molecule has 1 aliphatic carbocycles. The molecule has 0 spiro atoms. The zero-order valence-electron chi connectivity index (χ0n) is 29.9. The summed E-state index contributed by atoms with van der Waals surface area (Å²) in [5.41, 5.74) is 13.3. The van der Waals surface area contributed by atoms with Crippen molar-refractivity contribution in [3.63, 3.8) is 0 Å². The van der Waals surface area contributed by atoms with Crippen LogP contribution in [-0.2, 0) is 6.42 Å². The summed E-state index contributed by atoms with van der Waals surface area (Å²) in [6, 6.07) is 49.5. The van der Waals surface area contributed by atoms with Crippen LogP contribution < -0.4 is 0 Å². The Kier molecular flexibility index (Phi) is 5.61. The lowest BCUT2D eigenvalue weighted by atomic mass is 9.93. The van der Waals surface area contributed by atoms with Crippen LogP contribution in [0, 0.1) is 0 Å². The highest BCUT2D eigenvalue weighted by Gasteiger charge is 2.27. The summed E-state index contributed by atoms with van der Waals surface area (Å²) in [5, 5.41) is 10.1. The van der Waals surface area contributed by atoms with E-state index < -0.39 is 0 Å². The van der Waals surface area contributed by atoms with E-state index in [1.54, 1.807) is 11.3 Å². The number of allylic oxidation sites excluding steroid dienone is 1. The molecule has 0 bridgehead atoms. The van der Waals surface area contributed by atoms with Crippen molar-refractivity contribution >= 4 is 118 Å². The molecule has 0 aliphatic heterocycles. The number of thiophene rings is 2. The first-order chi connectivity index (χ1) is 27.8. The van der Waals surface area contributed by atoms with E-state index in [0.29, 0.717) is 5.95 Å². The van der Waals surface area contributed by atoms with E-state index in [9.17, 15) is 0 Å². The molecule has 56 heavy (non-hydrogen) atoms. The molecule has 0 amide bonds. The SMILES string of the molecule is C1=Cc2ccc(-c3ccc(-c4nc(-n5c6ccc7sc8ccc9c%10ccccc%10n%10c%11cccc5c%11c6c7c8c9%10)nc5sc6ccccc6c45)cc3)cc2CC1. The van der Waals surface area contributed by atoms with Crippen molar-refractivity contribution in [2.45, 2.75) is 12.8 Å². The standard InChI is InChI=1S/C50H28N4S2/c1-2-9-30-26-31(21-18-27(30)8-1)28-16-19-29(20-17-28)47-42-34-11-4-6-15-39(34)56-49(42)52-50(51-47)54-37-14-7-13-36-43(37)44-38(54)23-25-40-45(44)46-41(55-40)24-22-33-32-10-3-5-12-35(32)53(36)48(33)46/h1,3-8,10-26H,2,9H2. The van der Waals surface area contributed by atoms with Gasteiger partial charge in [0.25, 0.3) is 0 Å². The third-order valence-electron chi connectivity index (χ3n) is 12.3. The number of aryl methyl sites for hydroxylation is 1. The average Bonchev–Trinajstić information content (AvgIpc) is 3.98. The molecule has 4 nitrogen and oxygen atoms in total. The van der Waals surface area contributed by atoms with Crippen LogP contribution in [0.15, 0.2) is 140 Å². The quantitative estimate of drug-likeness (QED) is 0.180. The number of benzene rings is 7. The number of aromatic nitrogens is 4. The fraction of sp³-hybridized carbons (Fsp3) is 0.0400. The Labute approximate surface area is 327 Å². The minimum Gasteiger partial charge on any atom is -0.308 e. The predicted octanol–water partition coefficient (Wildman–Crippen LogP) is 14.0. The van der Waals surface area contributed by atoms with Crippen LogP contribution in [0.1, 0.15) is 17.5 Å². The third kappa shape index (κ3) is 3.73. The highest BCUT2D eigenvalue weighted by Crippen LogP contribution is 2.50. The maximum absolute atomic E-state index is 5.60. The molecule has 0 radical (unpaired) electrons. The zero-order valence-corrected chi connectivity index (χ0v) is 31.5. The minimum absolute atomic E-state index is 0.699. The van der Waals surface area contributed by atoms with Gasteiger partial charge in [-0.2, -0.15) is 0 Å². The first kappa shape index (κ1) is 29.7. The first-order valence-electron chi connectivity index (χ1n) is 19.2. The number of hydrogen-bond donors (Lipinski definition) is 0. The molecule has 0 saturated carbocycles. The van der Waals surface area contributed by atoms with Crippen LogP contribution in [0.25, 0.3) is 124 Å². The molecule has 260 valence electrons. The smallest absolute Gasteiger partial charge is 0.236 e. The van der Waals surface area contributed by atoms with Gasteiger partial charge in [0.05, 0.1) is 33.3 Å². The average molecular weight is 749 g/mol. The Morgan fingerprint density at radius 1 is 0.500 bits per heavy atom. The van der Waals surface area contributed by atoms with Crippen molar-refractivity contribution in [2.75, 3.05) is 0 Å². The van der Waals surface area contributed by atoms with Crippen LogP contribution in [-0.4, -0.2) is 18.9 Å². The van der Waals surface area contributed by atoms with E-state index in [1.807, 2.05) is 11.3 Å². The van der Waals surface area contributed by atoms with Gasteiger partial charge in [-0.15, -0.1) is 22.7 Å². The number of fused-ring (bicyclic) bond motifs is 8. The fourth-order valence-electron chi connectivity index (χ4n) is 9.94. The van der Waals surface area contributed by atoms with Gasteiger partial charge >= 0.3 is 0 Å². The Morgan fingerprint density at radius 2 is 1.27 bits per heavy atom. The number of nitrogens with zero attached hydrogens (tertiary/aromatic N) is 4.